The summed E-state index contributed by atoms with van der Waals surface area (Å²) in [6.07, 6.45) is 1.18. The van der Waals surface area contributed by atoms with Crippen LogP contribution in [0, 0.1) is 18.3 Å². The lowest BCUT2D eigenvalue weighted by Crippen LogP contribution is -2.41. The van der Waals surface area contributed by atoms with Crippen molar-refractivity contribution in [3.8, 4) is 0 Å². The molecule has 1 rings (SSSR count). The van der Waals surface area contributed by atoms with Crippen LogP contribution in [0.5, 0.6) is 0 Å². The van der Waals surface area contributed by atoms with Crippen LogP contribution in [0.15, 0.2) is 18.2 Å². The largest absolute Gasteiger partial charge is 0.316 e. The maximum atomic E-state index is 4.60. The molecule has 1 aromatic heterocycles. The van der Waals surface area contributed by atoms with Gasteiger partial charge in [-0.2, -0.15) is 0 Å². The maximum absolute atomic E-state index is 4.60. The lowest BCUT2D eigenvalue weighted by atomic mass is 9.86. The monoisotopic (exact) mass is 291 g/mol. The van der Waals surface area contributed by atoms with Gasteiger partial charge in [0, 0.05) is 25.3 Å². The van der Waals surface area contributed by atoms with Crippen LogP contribution in [-0.2, 0) is 6.54 Å². The Labute approximate surface area is 131 Å². The molecule has 3 nitrogen and oxygen atoms in total. The molecule has 0 saturated heterocycles. The molecule has 0 aliphatic rings. The first kappa shape index (κ1) is 18.1. The molecular formula is C18H33N3. The van der Waals surface area contributed by atoms with Gasteiger partial charge in [0.25, 0.3) is 0 Å². The van der Waals surface area contributed by atoms with Gasteiger partial charge in [0.1, 0.15) is 0 Å². The quantitative estimate of drug-likeness (QED) is 0.755. The van der Waals surface area contributed by atoms with Crippen LogP contribution in [-0.4, -0.2) is 36.6 Å². The molecule has 0 spiro atoms. The van der Waals surface area contributed by atoms with Crippen LogP contribution in [0.2, 0.25) is 0 Å². The molecule has 0 aliphatic carbocycles. The van der Waals surface area contributed by atoms with Crippen LogP contribution >= 0.6 is 0 Å². The predicted molar refractivity (Wildman–Crippen MR) is 91.4 cm³/mol. The molecule has 1 unspecified atom stereocenters. The third-order valence-electron chi connectivity index (χ3n) is 3.99. The molecular weight excluding hydrogens is 258 g/mol. The number of pyridine rings is 1. The Morgan fingerprint density at radius 1 is 1.33 bits per heavy atom. The molecule has 120 valence electrons. The van der Waals surface area contributed by atoms with Crippen LogP contribution in [0.4, 0.5) is 0 Å². The van der Waals surface area contributed by atoms with Crippen LogP contribution in [0.25, 0.3) is 0 Å². The van der Waals surface area contributed by atoms with Gasteiger partial charge < -0.3 is 5.32 Å². The van der Waals surface area contributed by atoms with E-state index in [-0.39, 0.29) is 0 Å². The van der Waals surface area contributed by atoms with Gasteiger partial charge in [0.15, 0.2) is 0 Å². The summed E-state index contributed by atoms with van der Waals surface area (Å²) in [5.74, 6) is 0.709. The van der Waals surface area contributed by atoms with Crippen LogP contribution in [0.3, 0.4) is 0 Å². The summed E-state index contributed by atoms with van der Waals surface area (Å²) >= 11 is 0. The van der Waals surface area contributed by atoms with Crippen molar-refractivity contribution in [1.29, 1.82) is 0 Å². The summed E-state index contributed by atoms with van der Waals surface area (Å²) < 4.78 is 0. The standard InChI is InChI=1S/C18H33N3/c1-7-18(5,13-19-11-15(2)3)14-21(6)12-17-10-8-9-16(4)20-17/h8-10,15,19H,7,11-14H2,1-6H3. The normalized spacial score (nSPS) is 14.7. The van der Waals surface area contributed by atoms with E-state index in [1.807, 2.05) is 0 Å². The highest BCUT2D eigenvalue weighted by molar-refractivity contribution is 5.09. The van der Waals surface area contributed by atoms with E-state index in [1.54, 1.807) is 0 Å². The first-order chi connectivity index (χ1) is 9.84. The fourth-order valence-electron chi connectivity index (χ4n) is 2.63. The van der Waals surface area contributed by atoms with E-state index in [4.69, 9.17) is 0 Å². The van der Waals surface area contributed by atoms with Crippen molar-refractivity contribution in [3.05, 3.63) is 29.6 Å². The fourth-order valence-corrected chi connectivity index (χ4v) is 2.63. The van der Waals surface area contributed by atoms with E-state index in [0.29, 0.717) is 11.3 Å². The van der Waals surface area contributed by atoms with Crippen LogP contribution in [0.1, 0.15) is 45.5 Å². The first-order valence-corrected chi connectivity index (χ1v) is 8.16. The van der Waals surface area contributed by atoms with Gasteiger partial charge in [0.05, 0.1) is 5.69 Å². The molecule has 1 atom stereocenters. The smallest absolute Gasteiger partial charge is 0.0547 e. The second kappa shape index (κ2) is 8.50. The Morgan fingerprint density at radius 3 is 2.62 bits per heavy atom. The number of aromatic nitrogens is 1. The number of hydrogen-bond donors (Lipinski definition) is 1. The SMILES string of the molecule is CCC(C)(CNCC(C)C)CN(C)Cc1cccc(C)n1. The molecule has 1 heterocycles. The van der Waals surface area contributed by atoms with Gasteiger partial charge in [-0.3, -0.25) is 9.88 Å². The minimum Gasteiger partial charge on any atom is -0.316 e. The van der Waals surface area contributed by atoms with Gasteiger partial charge in [0.2, 0.25) is 0 Å². The van der Waals surface area contributed by atoms with Gasteiger partial charge >= 0.3 is 0 Å². The zero-order chi connectivity index (χ0) is 15.9. The summed E-state index contributed by atoms with van der Waals surface area (Å²) in [5.41, 5.74) is 2.57. The van der Waals surface area contributed by atoms with E-state index < -0.39 is 0 Å². The highest BCUT2D eigenvalue weighted by atomic mass is 15.1. The number of nitrogens with one attached hydrogen (secondary N) is 1. The third-order valence-corrected chi connectivity index (χ3v) is 3.99. The lowest BCUT2D eigenvalue weighted by Gasteiger charge is -2.33. The Bertz CT molecular complexity index is 417. The average Bonchev–Trinajstić information content (AvgIpc) is 2.38. The topological polar surface area (TPSA) is 28.2 Å². The molecule has 0 saturated carbocycles. The number of nitrogens with zero attached hydrogens (tertiary/aromatic N) is 2. The zero-order valence-corrected chi connectivity index (χ0v) is 14.7. The van der Waals surface area contributed by atoms with E-state index in [0.717, 1.165) is 37.6 Å². The fraction of sp³-hybridized carbons (Fsp3) is 0.722. The third kappa shape index (κ3) is 7.05. The van der Waals surface area contributed by atoms with Gasteiger partial charge in [-0.15, -0.1) is 0 Å². The molecule has 1 aromatic rings. The molecule has 0 radical (unpaired) electrons. The van der Waals surface area contributed by atoms with Crippen molar-refractivity contribution < 1.29 is 0 Å². The Balaban J connectivity index is 2.51. The van der Waals surface area contributed by atoms with Gasteiger partial charge in [-0.05, 0) is 50.4 Å². The summed E-state index contributed by atoms with van der Waals surface area (Å²) in [5, 5.41) is 3.61. The molecule has 0 amide bonds. The molecule has 0 aliphatic heterocycles. The lowest BCUT2D eigenvalue weighted by molar-refractivity contribution is 0.172. The Hall–Kier alpha value is -0.930. The number of aryl methyl sites for hydroxylation is 1. The predicted octanol–water partition coefficient (Wildman–Crippen LogP) is 3.48. The molecule has 21 heavy (non-hydrogen) atoms. The van der Waals surface area contributed by atoms with E-state index in [2.05, 4.69) is 75.1 Å². The van der Waals surface area contributed by atoms with Crippen molar-refractivity contribution in [1.82, 2.24) is 15.2 Å². The minimum atomic E-state index is 0.313. The van der Waals surface area contributed by atoms with Crippen molar-refractivity contribution in [2.45, 2.75) is 47.6 Å². The van der Waals surface area contributed by atoms with E-state index in [9.17, 15) is 0 Å². The highest BCUT2D eigenvalue weighted by Gasteiger charge is 2.23. The molecule has 3 heteroatoms. The molecule has 0 bridgehead atoms. The maximum Gasteiger partial charge on any atom is 0.0547 e. The second-order valence-electron chi connectivity index (χ2n) is 7.13. The Morgan fingerprint density at radius 2 is 2.05 bits per heavy atom. The number of rotatable bonds is 9. The highest BCUT2D eigenvalue weighted by Crippen LogP contribution is 2.22. The minimum absolute atomic E-state index is 0.313. The first-order valence-electron chi connectivity index (χ1n) is 8.16. The van der Waals surface area contributed by atoms with Crippen LogP contribution < -0.4 is 5.32 Å². The molecule has 0 fully saturated rings. The Kier molecular flexibility index (Phi) is 7.33. The van der Waals surface area contributed by atoms with Gasteiger partial charge in [-0.1, -0.05) is 33.8 Å². The average molecular weight is 291 g/mol. The van der Waals surface area contributed by atoms with E-state index in [1.165, 1.54) is 6.42 Å². The number of hydrogen-bond acceptors (Lipinski definition) is 3. The van der Waals surface area contributed by atoms with Gasteiger partial charge in [-0.25, -0.2) is 0 Å². The second-order valence-corrected chi connectivity index (χ2v) is 7.13. The summed E-state index contributed by atoms with van der Waals surface area (Å²) in [6.45, 7) is 15.4. The molecule has 1 N–H and O–H groups in total. The van der Waals surface area contributed by atoms with E-state index >= 15 is 0 Å². The summed E-state index contributed by atoms with van der Waals surface area (Å²) in [6, 6.07) is 6.26. The van der Waals surface area contributed by atoms with Crippen molar-refractivity contribution in [2.24, 2.45) is 11.3 Å². The van der Waals surface area contributed by atoms with Crippen molar-refractivity contribution >= 4 is 0 Å². The zero-order valence-electron chi connectivity index (χ0n) is 14.7. The van der Waals surface area contributed by atoms with Crippen molar-refractivity contribution in [2.75, 3.05) is 26.7 Å². The molecule has 0 aromatic carbocycles. The summed E-state index contributed by atoms with van der Waals surface area (Å²) in [4.78, 5) is 6.99. The van der Waals surface area contributed by atoms with Crippen molar-refractivity contribution in [3.63, 3.8) is 0 Å². The summed E-state index contributed by atoms with van der Waals surface area (Å²) in [7, 11) is 2.19.